The lowest BCUT2D eigenvalue weighted by Gasteiger charge is -2.11. The minimum atomic E-state index is -0.240. The molecule has 2 aromatic carbocycles. The molecule has 0 fully saturated rings. The Morgan fingerprint density at radius 2 is 1.82 bits per heavy atom. The number of rotatable bonds is 10. The number of carbonyl (C=O) groups excluding carboxylic acids is 2. The molecule has 28 heavy (non-hydrogen) atoms. The third kappa shape index (κ3) is 7.00. The fourth-order valence-electron chi connectivity index (χ4n) is 2.40. The maximum absolute atomic E-state index is 11.8. The van der Waals surface area contributed by atoms with Gasteiger partial charge in [-0.15, -0.1) is 0 Å². The Hall–Kier alpha value is -3.53. The molecular weight excluding hydrogens is 358 g/mol. The molecule has 7 heteroatoms. The molecule has 0 heterocycles. The molecule has 0 radical (unpaired) electrons. The quantitative estimate of drug-likeness (QED) is 0.614. The lowest BCUT2D eigenvalue weighted by atomic mass is 10.2. The van der Waals surface area contributed by atoms with Gasteiger partial charge in [0, 0.05) is 19.0 Å². The summed E-state index contributed by atoms with van der Waals surface area (Å²) in [5.74, 6) is 0.529. The van der Waals surface area contributed by atoms with Crippen molar-refractivity contribution in [3.63, 3.8) is 0 Å². The van der Waals surface area contributed by atoms with E-state index < -0.39 is 0 Å². The molecule has 2 rings (SSSR count). The van der Waals surface area contributed by atoms with E-state index in [9.17, 15) is 9.59 Å². The summed E-state index contributed by atoms with van der Waals surface area (Å²) in [6.07, 6.45) is 0.727. The van der Waals surface area contributed by atoms with Crippen molar-refractivity contribution in [2.45, 2.75) is 19.4 Å². The van der Waals surface area contributed by atoms with Crippen LogP contribution in [0.3, 0.4) is 0 Å². The smallest absolute Gasteiger partial charge is 0.239 e. The molecule has 0 bridgehead atoms. The van der Waals surface area contributed by atoms with Crippen molar-refractivity contribution < 1.29 is 19.1 Å². The lowest BCUT2D eigenvalue weighted by molar-refractivity contribution is -0.126. The zero-order valence-corrected chi connectivity index (χ0v) is 15.7. The summed E-state index contributed by atoms with van der Waals surface area (Å²) < 4.78 is 10.8. The predicted molar refractivity (Wildman–Crippen MR) is 104 cm³/mol. The summed E-state index contributed by atoms with van der Waals surface area (Å²) in [6, 6.07) is 16.5. The average molecular weight is 381 g/mol. The van der Waals surface area contributed by atoms with E-state index in [-0.39, 0.29) is 24.8 Å². The lowest BCUT2D eigenvalue weighted by Crippen LogP contribution is -2.36. The van der Waals surface area contributed by atoms with Crippen LogP contribution in [0.1, 0.15) is 24.0 Å². The fraction of sp³-hybridized carbons (Fsp3) is 0.286. The zero-order chi connectivity index (χ0) is 20.2. The number of nitrogens with one attached hydrogen (secondary N) is 2. The van der Waals surface area contributed by atoms with Crippen LogP contribution in [0.25, 0.3) is 0 Å². The molecule has 2 aromatic rings. The predicted octanol–water partition coefficient (Wildman–Crippen LogP) is 2.16. The molecule has 7 nitrogen and oxygen atoms in total. The van der Waals surface area contributed by atoms with Crippen LogP contribution < -0.4 is 20.1 Å². The van der Waals surface area contributed by atoms with Crippen molar-refractivity contribution in [2.24, 2.45) is 0 Å². The number of amides is 2. The Kier molecular flexibility index (Phi) is 8.34. The molecule has 0 aliphatic carbocycles. The molecule has 2 amide bonds. The summed E-state index contributed by atoms with van der Waals surface area (Å²) in [4.78, 5) is 23.6. The monoisotopic (exact) mass is 381 g/mol. The van der Waals surface area contributed by atoms with E-state index in [0.717, 1.165) is 5.56 Å². The first-order valence-corrected chi connectivity index (χ1v) is 8.90. The van der Waals surface area contributed by atoms with Gasteiger partial charge in [0.05, 0.1) is 31.9 Å². The van der Waals surface area contributed by atoms with Crippen molar-refractivity contribution in [3.05, 3.63) is 59.7 Å². The van der Waals surface area contributed by atoms with Gasteiger partial charge in [-0.1, -0.05) is 30.3 Å². The summed E-state index contributed by atoms with van der Waals surface area (Å²) in [5, 5.41) is 14.2. The van der Waals surface area contributed by atoms with E-state index >= 15 is 0 Å². The third-order valence-electron chi connectivity index (χ3n) is 3.88. The molecule has 0 spiro atoms. The van der Waals surface area contributed by atoms with Gasteiger partial charge in [0.2, 0.25) is 11.8 Å². The number of benzene rings is 2. The number of ether oxygens (including phenoxy) is 2. The highest BCUT2D eigenvalue weighted by Gasteiger charge is 2.08. The van der Waals surface area contributed by atoms with Gasteiger partial charge in [-0.3, -0.25) is 9.59 Å². The van der Waals surface area contributed by atoms with Crippen LogP contribution in [0.4, 0.5) is 0 Å². The molecule has 146 valence electrons. The Morgan fingerprint density at radius 1 is 1.04 bits per heavy atom. The van der Waals surface area contributed by atoms with Gasteiger partial charge in [0.15, 0.2) is 11.5 Å². The summed E-state index contributed by atoms with van der Waals surface area (Å²) in [7, 11) is 1.50. The van der Waals surface area contributed by atoms with Crippen LogP contribution >= 0.6 is 0 Å². The van der Waals surface area contributed by atoms with Gasteiger partial charge in [0.1, 0.15) is 0 Å². The van der Waals surface area contributed by atoms with Crippen molar-refractivity contribution >= 4 is 11.8 Å². The second kappa shape index (κ2) is 11.2. The van der Waals surface area contributed by atoms with Gasteiger partial charge >= 0.3 is 0 Å². The normalized spacial score (nSPS) is 9.86. The maximum atomic E-state index is 11.8. The third-order valence-corrected chi connectivity index (χ3v) is 3.88. The Bertz CT molecular complexity index is 831. The number of nitrogens with zero attached hydrogens (tertiary/aromatic N) is 1. The molecule has 2 N–H and O–H groups in total. The fourth-order valence-corrected chi connectivity index (χ4v) is 2.40. The minimum absolute atomic E-state index is 0.0596. The molecule has 0 unspecified atom stereocenters. The molecule has 0 saturated heterocycles. The standard InChI is InChI=1S/C21H23N3O4/c1-27-19-12-17(13-22)9-10-18(19)28-11-5-8-20(25)24-15-21(26)23-14-16-6-3-2-4-7-16/h2-4,6-7,9-10,12H,5,8,11,14-15H2,1H3,(H,23,26)(H,24,25). The Labute approximate surface area is 164 Å². The van der Waals surface area contributed by atoms with E-state index in [1.54, 1.807) is 18.2 Å². The van der Waals surface area contributed by atoms with Crippen LogP contribution in [0.5, 0.6) is 11.5 Å². The first kappa shape index (κ1) is 20.8. The molecular formula is C21H23N3O4. The number of methoxy groups -OCH3 is 1. The van der Waals surface area contributed by atoms with Crippen molar-refractivity contribution in [1.82, 2.24) is 10.6 Å². The minimum Gasteiger partial charge on any atom is -0.493 e. The van der Waals surface area contributed by atoms with Crippen molar-refractivity contribution in [1.29, 1.82) is 5.26 Å². The van der Waals surface area contributed by atoms with Gasteiger partial charge in [-0.2, -0.15) is 5.26 Å². The molecule has 0 aliphatic rings. The van der Waals surface area contributed by atoms with Gasteiger partial charge in [-0.25, -0.2) is 0 Å². The number of carbonyl (C=O) groups is 2. The van der Waals surface area contributed by atoms with E-state index in [1.165, 1.54) is 7.11 Å². The number of hydrogen-bond donors (Lipinski definition) is 2. The van der Waals surface area contributed by atoms with Crippen molar-refractivity contribution in [3.8, 4) is 17.6 Å². The van der Waals surface area contributed by atoms with Crippen LogP contribution in [-0.4, -0.2) is 32.1 Å². The second-order valence-electron chi connectivity index (χ2n) is 5.97. The number of hydrogen-bond acceptors (Lipinski definition) is 5. The first-order chi connectivity index (χ1) is 13.6. The highest BCUT2D eigenvalue weighted by Crippen LogP contribution is 2.27. The van der Waals surface area contributed by atoms with Crippen molar-refractivity contribution in [2.75, 3.05) is 20.3 Å². The van der Waals surface area contributed by atoms with E-state index in [1.807, 2.05) is 36.4 Å². The van der Waals surface area contributed by atoms with Crippen LogP contribution in [0, 0.1) is 11.3 Å². The SMILES string of the molecule is COc1cc(C#N)ccc1OCCCC(=O)NCC(=O)NCc1ccccc1. The summed E-state index contributed by atoms with van der Waals surface area (Å²) in [6.45, 7) is 0.682. The van der Waals surface area contributed by atoms with Gasteiger partial charge in [-0.05, 0) is 24.1 Å². The van der Waals surface area contributed by atoms with E-state index in [4.69, 9.17) is 14.7 Å². The zero-order valence-electron chi connectivity index (χ0n) is 15.7. The van der Waals surface area contributed by atoms with Crippen LogP contribution in [0.15, 0.2) is 48.5 Å². The van der Waals surface area contributed by atoms with Gasteiger partial charge < -0.3 is 20.1 Å². The molecule has 0 saturated carbocycles. The van der Waals surface area contributed by atoms with Gasteiger partial charge in [0.25, 0.3) is 0 Å². The second-order valence-corrected chi connectivity index (χ2v) is 5.97. The van der Waals surface area contributed by atoms with E-state index in [2.05, 4.69) is 10.6 Å². The summed E-state index contributed by atoms with van der Waals surface area (Å²) >= 11 is 0. The van der Waals surface area contributed by atoms with Crippen LogP contribution in [-0.2, 0) is 16.1 Å². The maximum Gasteiger partial charge on any atom is 0.239 e. The highest BCUT2D eigenvalue weighted by molar-refractivity contribution is 5.84. The molecule has 0 aliphatic heterocycles. The highest BCUT2D eigenvalue weighted by atomic mass is 16.5. The first-order valence-electron chi connectivity index (χ1n) is 8.90. The Morgan fingerprint density at radius 3 is 2.54 bits per heavy atom. The number of nitriles is 1. The Balaban J connectivity index is 1.62. The topological polar surface area (TPSA) is 100 Å². The summed E-state index contributed by atoms with van der Waals surface area (Å²) in [5.41, 5.74) is 1.48. The van der Waals surface area contributed by atoms with Crippen LogP contribution in [0.2, 0.25) is 0 Å². The molecule has 0 aromatic heterocycles. The largest absolute Gasteiger partial charge is 0.493 e. The molecule has 0 atom stereocenters. The average Bonchev–Trinajstić information content (AvgIpc) is 2.74. The van der Waals surface area contributed by atoms with E-state index in [0.29, 0.717) is 36.6 Å².